The molecule has 25 heavy (non-hydrogen) atoms. The van der Waals surface area contributed by atoms with Gasteiger partial charge in [-0.15, -0.1) is 0 Å². The molecule has 0 unspecified atom stereocenters. The number of anilines is 2. The van der Waals surface area contributed by atoms with Crippen molar-refractivity contribution in [3.05, 3.63) is 48.8 Å². The van der Waals surface area contributed by atoms with Crippen LogP contribution in [0, 0.1) is 0 Å². The van der Waals surface area contributed by atoms with Gasteiger partial charge in [-0.2, -0.15) is 5.10 Å². The Morgan fingerprint density at radius 1 is 1.08 bits per heavy atom. The number of rotatable bonds is 6. The third-order valence-corrected chi connectivity index (χ3v) is 3.84. The van der Waals surface area contributed by atoms with Gasteiger partial charge in [-0.1, -0.05) is 0 Å². The van der Waals surface area contributed by atoms with Gasteiger partial charge in [0.2, 0.25) is 5.88 Å². The van der Waals surface area contributed by atoms with Crippen LogP contribution in [0.3, 0.4) is 0 Å². The van der Waals surface area contributed by atoms with Crippen molar-refractivity contribution in [3.8, 4) is 5.88 Å². The van der Waals surface area contributed by atoms with Crippen LogP contribution in [-0.2, 0) is 4.74 Å². The van der Waals surface area contributed by atoms with Gasteiger partial charge in [0.15, 0.2) is 5.82 Å². The van der Waals surface area contributed by atoms with Crippen LogP contribution in [0.5, 0.6) is 5.88 Å². The number of pyridine rings is 2. The van der Waals surface area contributed by atoms with E-state index in [0.29, 0.717) is 24.9 Å². The fourth-order valence-electron chi connectivity index (χ4n) is 2.64. The van der Waals surface area contributed by atoms with Crippen molar-refractivity contribution in [3.63, 3.8) is 0 Å². The largest absolute Gasteiger partial charge is 0.475 e. The molecular formula is C18H17N5O2. The zero-order valence-electron chi connectivity index (χ0n) is 13.7. The Labute approximate surface area is 144 Å². The van der Waals surface area contributed by atoms with Gasteiger partial charge < -0.3 is 14.8 Å². The van der Waals surface area contributed by atoms with Crippen LogP contribution in [0.2, 0.25) is 0 Å². The minimum atomic E-state index is 0.466. The van der Waals surface area contributed by atoms with Crippen molar-refractivity contribution in [2.75, 3.05) is 25.6 Å². The highest BCUT2D eigenvalue weighted by molar-refractivity contribution is 5.92. The van der Waals surface area contributed by atoms with Crippen LogP contribution >= 0.6 is 0 Å². The highest BCUT2D eigenvalue weighted by Gasteiger charge is 2.08. The molecule has 3 aromatic heterocycles. The summed E-state index contributed by atoms with van der Waals surface area (Å²) in [6.45, 7) is 0.991. The van der Waals surface area contributed by atoms with Crippen LogP contribution in [0.1, 0.15) is 0 Å². The van der Waals surface area contributed by atoms with E-state index < -0.39 is 0 Å². The Balaban J connectivity index is 1.63. The maximum absolute atomic E-state index is 5.68. The van der Waals surface area contributed by atoms with Crippen molar-refractivity contribution < 1.29 is 9.47 Å². The summed E-state index contributed by atoms with van der Waals surface area (Å²) in [5.74, 6) is 1.30. The van der Waals surface area contributed by atoms with Gasteiger partial charge in [0.25, 0.3) is 0 Å². The summed E-state index contributed by atoms with van der Waals surface area (Å²) in [6, 6.07) is 11.7. The predicted molar refractivity (Wildman–Crippen MR) is 96.3 cm³/mol. The second-order valence-corrected chi connectivity index (χ2v) is 5.49. The van der Waals surface area contributed by atoms with E-state index in [2.05, 4.69) is 25.5 Å². The molecule has 0 bridgehead atoms. The third kappa shape index (κ3) is 3.09. The average Bonchev–Trinajstić information content (AvgIpc) is 3.05. The highest BCUT2D eigenvalue weighted by atomic mass is 16.5. The number of aromatic nitrogens is 4. The maximum Gasteiger partial charge on any atom is 0.221 e. The van der Waals surface area contributed by atoms with Crippen molar-refractivity contribution in [2.24, 2.45) is 0 Å². The van der Waals surface area contributed by atoms with Crippen LogP contribution in [0.4, 0.5) is 11.5 Å². The number of methoxy groups -OCH3 is 1. The smallest absolute Gasteiger partial charge is 0.221 e. The summed E-state index contributed by atoms with van der Waals surface area (Å²) in [5, 5.41) is 12.5. The van der Waals surface area contributed by atoms with E-state index in [1.165, 1.54) is 0 Å². The molecule has 0 spiro atoms. The SMILES string of the molecule is COCCOc1nccc2cc(Nc3n[nH]c4cccnc34)ccc12. The Morgan fingerprint density at radius 3 is 2.96 bits per heavy atom. The van der Waals surface area contributed by atoms with Crippen molar-refractivity contribution in [1.82, 2.24) is 20.2 Å². The first-order chi connectivity index (χ1) is 12.3. The second-order valence-electron chi connectivity index (χ2n) is 5.49. The quantitative estimate of drug-likeness (QED) is 0.526. The lowest BCUT2D eigenvalue weighted by Crippen LogP contribution is -2.05. The summed E-state index contributed by atoms with van der Waals surface area (Å²) in [5.41, 5.74) is 2.62. The molecule has 0 aliphatic heterocycles. The standard InChI is InChI=1S/C18H17N5O2/c1-24-9-10-25-18-14-5-4-13(11-12(14)6-8-20-18)21-17-16-15(22-23-17)3-2-7-19-16/h2-8,11H,9-10H2,1H3,(H2,21,22,23). The molecule has 4 aromatic rings. The van der Waals surface area contributed by atoms with Gasteiger partial charge in [0, 0.05) is 30.6 Å². The molecule has 0 fully saturated rings. The molecule has 0 aliphatic carbocycles. The summed E-state index contributed by atoms with van der Waals surface area (Å²) in [4.78, 5) is 8.66. The minimum absolute atomic E-state index is 0.466. The minimum Gasteiger partial charge on any atom is -0.475 e. The molecule has 0 aliphatic rings. The van der Waals surface area contributed by atoms with Crippen LogP contribution < -0.4 is 10.1 Å². The molecule has 0 atom stereocenters. The van der Waals surface area contributed by atoms with Gasteiger partial charge in [-0.25, -0.2) is 4.98 Å². The Bertz CT molecular complexity index is 1010. The van der Waals surface area contributed by atoms with Crippen LogP contribution in [0.15, 0.2) is 48.8 Å². The lowest BCUT2D eigenvalue weighted by molar-refractivity contribution is 0.144. The lowest BCUT2D eigenvalue weighted by atomic mass is 10.1. The van der Waals surface area contributed by atoms with Gasteiger partial charge in [0.1, 0.15) is 12.1 Å². The molecular weight excluding hydrogens is 318 g/mol. The molecule has 7 heteroatoms. The van der Waals surface area contributed by atoms with Crippen molar-refractivity contribution in [1.29, 1.82) is 0 Å². The summed E-state index contributed by atoms with van der Waals surface area (Å²) < 4.78 is 10.7. The number of nitrogens with one attached hydrogen (secondary N) is 2. The predicted octanol–water partition coefficient (Wildman–Crippen LogP) is 3.27. The molecule has 3 heterocycles. The van der Waals surface area contributed by atoms with E-state index >= 15 is 0 Å². The summed E-state index contributed by atoms with van der Waals surface area (Å²) in [7, 11) is 1.64. The number of hydrogen-bond donors (Lipinski definition) is 2. The van der Waals surface area contributed by atoms with E-state index in [4.69, 9.17) is 9.47 Å². The van der Waals surface area contributed by atoms with E-state index in [1.807, 2.05) is 36.4 Å². The molecule has 126 valence electrons. The van der Waals surface area contributed by atoms with Crippen molar-refractivity contribution in [2.45, 2.75) is 0 Å². The number of aromatic amines is 1. The lowest BCUT2D eigenvalue weighted by Gasteiger charge is -2.09. The molecule has 0 radical (unpaired) electrons. The van der Waals surface area contributed by atoms with Gasteiger partial charge in [0.05, 0.1) is 12.1 Å². The van der Waals surface area contributed by atoms with Crippen LogP contribution in [0.25, 0.3) is 21.8 Å². The fourth-order valence-corrected chi connectivity index (χ4v) is 2.64. The Morgan fingerprint density at radius 2 is 2.04 bits per heavy atom. The second kappa shape index (κ2) is 6.74. The van der Waals surface area contributed by atoms with Gasteiger partial charge in [-0.3, -0.25) is 10.1 Å². The molecule has 7 nitrogen and oxygen atoms in total. The summed E-state index contributed by atoms with van der Waals surface area (Å²) in [6.07, 6.45) is 3.48. The van der Waals surface area contributed by atoms with E-state index in [1.54, 1.807) is 19.5 Å². The Kier molecular flexibility index (Phi) is 4.14. The molecule has 0 amide bonds. The number of fused-ring (bicyclic) bond motifs is 2. The van der Waals surface area contributed by atoms with E-state index in [-0.39, 0.29) is 0 Å². The maximum atomic E-state index is 5.68. The topological polar surface area (TPSA) is 85.0 Å². The zero-order valence-corrected chi connectivity index (χ0v) is 13.7. The first-order valence-corrected chi connectivity index (χ1v) is 7.92. The molecule has 4 rings (SSSR count). The number of hydrogen-bond acceptors (Lipinski definition) is 6. The zero-order chi connectivity index (χ0) is 17.1. The monoisotopic (exact) mass is 335 g/mol. The normalized spacial score (nSPS) is 11.1. The first-order valence-electron chi connectivity index (χ1n) is 7.92. The molecule has 0 saturated carbocycles. The highest BCUT2D eigenvalue weighted by Crippen LogP contribution is 2.28. The van der Waals surface area contributed by atoms with Crippen molar-refractivity contribution >= 4 is 33.3 Å². The number of benzene rings is 1. The molecule has 0 saturated heterocycles. The van der Waals surface area contributed by atoms with Gasteiger partial charge >= 0.3 is 0 Å². The van der Waals surface area contributed by atoms with E-state index in [0.717, 1.165) is 27.5 Å². The number of H-pyrrole nitrogens is 1. The van der Waals surface area contributed by atoms with Gasteiger partial charge in [-0.05, 0) is 41.8 Å². The Hall–Kier alpha value is -3.19. The number of nitrogens with zero attached hydrogens (tertiary/aromatic N) is 3. The first kappa shape index (κ1) is 15.3. The summed E-state index contributed by atoms with van der Waals surface area (Å²) >= 11 is 0. The molecule has 2 N–H and O–H groups in total. The third-order valence-electron chi connectivity index (χ3n) is 3.84. The fraction of sp³-hybridized carbons (Fsp3) is 0.167. The number of ether oxygens (including phenoxy) is 2. The molecule has 1 aromatic carbocycles. The van der Waals surface area contributed by atoms with Crippen LogP contribution in [-0.4, -0.2) is 40.5 Å². The van der Waals surface area contributed by atoms with E-state index in [9.17, 15) is 0 Å². The average molecular weight is 335 g/mol.